The van der Waals surface area contributed by atoms with Gasteiger partial charge in [-0.15, -0.1) is 0 Å². The fourth-order valence-electron chi connectivity index (χ4n) is 0.815. The van der Waals surface area contributed by atoms with Crippen molar-refractivity contribution in [1.29, 1.82) is 0 Å². The lowest BCUT2D eigenvalue weighted by Crippen LogP contribution is -2.36. The molecule has 0 amide bonds. The van der Waals surface area contributed by atoms with Crippen LogP contribution in [0.4, 0.5) is 8.78 Å². The summed E-state index contributed by atoms with van der Waals surface area (Å²) in [6.07, 6.45) is 1.06. The summed E-state index contributed by atoms with van der Waals surface area (Å²) in [7, 11) is -4.45. The Labute approximate surface area is 76.5 Å². The number of rotatable bonds is 6. The lowest BCUT2D eigenvalue weighted by molar-refractivity contribution is 0.231. The van der Waals surface area contributed by atoms with Crippen molar-refractivity contribution >= 4 is 10.0 Å². The van der Waals surface area contributed by atoms with E-state index in [1.807, 2.05) is 4.72 Å². The first kappa shape index (κ1) is 12.7. The number of hydrogen-bond acceptors (Lipinski definition) is 3. The molecule has 0 rings (SSSR count). The standard InChI is InChI=1S/C6H14F2N2O2S/c1-5(3-2-4-9)10-13(11,12)6(7)8/h5-6,10H,2-4,9H2,1H3. The molecule has 0 bridgehead atoms. The molecule has 0 aliphatic heterocycles. The van der Waals surface area contributed by atoms with E-state index in [-0.39, 0.29) is 0 Å². The summed E-state index contributed by atoms with van der Waals surface area (Å²) in [5, 5.41) is 0. The molecular weight excluding hydrogens is 202 g/mol. The summed E-state index contributed by atoms with van der Waals surface area (Å²) in [6, 6.07) is -0.498. The largest absolute Gasteiger partial charge is 0.350 e. The van der Waals surface area contributed by atoms with Crippen molar-refractivity contribution in [3.05, 3.63) is 0 Å². The third-order valence-electron chi connectivity index (χ3n) is 1.44. The summed E-state index contributed by atoms with van der Waals surface area (Å²) in [5.41, 5.74) is 5.17. The molecule has 0 aromatic rings. The van der Waals surface area contributed by atoms with Gasteiger partial charge < -0.3 is 5.73 Å². The van der Waals surface area contributed by atoms with Crippen LogP contribution in [0, 0.1) is 0 Å². The van der Waals surface area contributed by atoms with Gasteiger partial charge in [-0.3, -0.25) is 0 Å². The number of hydrogen-bond donors (Lipinski definition) is 2. The molecule has 7 heteroatoms. The Morgan fingerprint density at radius 2 is 2.00 bits per heavy atom. The van der Waals surface area contributed by atoms with E-state index < -0.39 is 21.8 Å². The van der Waals surface area contributed by atoms with Crippen LogP contribution in [0.5, 0.6) is 0 Å². The molecule has 0 fully saturated rings. The molecule has 3 N–H and O–H groups in total. The molecule has 4 nitrogen and oxygen atoms in total. The van der Waals surface area contributed by atoms with E-state index in [4.69, 9.17) is 5.73 Å². The monoisotopic (exact) mass is 216 g/mol. The second-order valence-electron chi connectivity index (χ2n) is 2.76. The molecule has 0 aliphatic rings. The Morgan fingerprint density at radius 1 is 1.46 bits per heavy atom. The van der Waals surface area contributed by atoms with Crippen LogP contribution in [0.1, 0.15) is 19.8 Å². The molecule has 0 saturated heterocycles. The smallest absolute Gasteiger partial charge is 0.330 e. The Kier molecular flexibility index (Phi) is 5.34. The van der Waals surface area contributed by atoms with Gasteiger partial charge in [0, 0.05) is 6.04 Å². The molecule has 0 aromatic heterocycles. The van der Waals surface area contributed by atoms with Crippen molar-refractivity contribution in [3.63, 3.8) is 0 Å². The number of sulfonamides is 1. The van der Waals surface area contributed by atoms with Crippen LogP contribution in [0.2, 0.25) is 0 Å². The maximum absolute atomic E-state index is 11.8. The fourth-order valence-corrected chi connectivity index (χ4v) is 1.60. The van der Waals surface area contributed by atoms with Gasteiger partial charge in [0.05, 0.1) is 0 Å². The SMILES string of the molecule is CC(CCCN)NS(=O)(=O)C(F)F. The van der Waals surface area contributed by atoms with Crippen molar-refractivity contribution in [2.75, 3.05) is 6.54 Å². The van der Waals surface area contributed by atoms with Gasteiger partial charge in [-0.05, 0) is 26.3 Å². The van der Waals surface area contributed by atoms with E-state index in [0.29, 0.717) is 19.4 Å². The molecule has 0 spiro atoms. The topological polar surface area (TPSA) is 72.2 Å². The molecule has 0 heterocycles. The predicted molar refractivity (Wildman–Crippen MR) is 45.8 cm³/mol. The van der Waals surface area contributed by atoms with Gasteiger partial charge in [0.25, 0.3) is 10.0 Å². The number of alkyl halides is 2. The van der Waals surface area contributed by atoms with E-state index in [0.717, 1.165) is 0 Å². The van der Waals surface area contributed by atoms with Gasteiger partial charge in [-0.1, -0.05) is 0 Å². The van der Waals surface area contributed by atoms with Gasteiger partial charge in [-0.25, -0.2) is 13.1 Å². The summed E-state index contributed by atoms with van der Waals surface area (Å²) < 4.78 is 46.7. The van der Waals surface area contributed by atoms with Gasteiger partial charge >= 0.3 is 5.76 Å². The lowest BCUT2D eigenvalue weighted by atomic mass is 10.2. The van der Waals surface area contributed by atoms with Gasteiger partial charge in [-0.2, -0.15) is 8.78 Å². The van der Waals surface area contributed by atoms with E-state index in [2.05, 4.69) is 0 Å². The van der Waals surface area contributed by atoms with Gasteiger partial charge in [0.1, 0.15) is 0 Å². The van der Waals surface area contributed by atoms with Crippen LogP contribution in [0.3, 0.4) is 0 Å². The van der Waals surface area contributed by atoms with E-state index in [1.54, 1.807) is 0 Å². The molecule has 0 aliphatic carbocycles. The quantitative estimate of drug-likeness (QED) is 0.668. The van der Waals surface area contributed by atoms with Crippen LogP contribution in [0.25, 0.3) is 0 Å². The average molecular weight is 216 g/mol. The highest BCUT2D eigenvalue weighted by Gasteiger charge is 2.25. The van der Waals surface area contributed by atoms with Crippen LogP contribution < -0.4 is 10.5 Å². The first-order valence-corrected chi connectivity index (χ1v) is 5.44. The highest BCUT2D eigenvalue weighted by Crippen LogP contribution is 2.05. The van der Waals surface area contributed by atoms with Gasteiger partial charge in [0.15, 0.2) is 0 Å². The number of halogens is 2. The Morgan fingerprint density at radius 3 is 2.38 bits per heavy atom. The third kappa shape index (κ3) is 5.12. The summed E-state index contributed by atoms with van der Waals surface area (Å²) in [4.78, 5) is 0. The molecule has 13 heavy (non-hydrogen) atoms. The first-order chi connectivity index (χ1) is 5.90. The molecule has 1 unspecified atom stereocenters. The molecule has 80 valence electrons. The maximum Gasteiger partial charge on any atom is 0.350 e. The maximum atomic E-state index is 11.8. The zero-order valence-corrected chi connectivity index (χ0v) is 8.15. The normalized spacial score (nSPS) is 14.8. The van der Waals surface area contributed by atoms with Crippen LogP contribution in [0.15, 0.2) is 0 Å². The zero-order valence-electron chi connectivity index (χ0n) is 7.33. The minimum atomic E-state index is -4.45. The molecule has 0 aromatic carbocycles. The molecule has 0 radical (unpaired) electrons. The third-order valence-corrected chi connectivity index (χ3v) is 2.64. The van der Waals surface area contributed by atoms with E-state index in [9.17, 15) is 17.2 Å². The number of nitrogens with one attached hydrogen (secondary N) is 1. The second-order valence-corrected chi connectivity index (χ2v) is 4.44. The van der Waals surface area contributed by atoms with Crippen LogP contribution in [-0.2, 0) is 10.0 Å². The molecule has 1 atom stereocenters. The van der Waals surface area contributed by atoms with Crippen molar-refractivity contribution in [2.45, 2.75) is 31.6 Å². The van der Waals surface area contributed by atoms with Crippen molar-refractivity contribution in [1.82, 2.24) is 4.72 Å². The minimum absolute atomic E-state index is 0.417. The van der Waals surface area contributed by atoms with Crippen molar-refractivity contribution in [3.8, 4) is 0 Å². The first-order valence-electron chi connectivity index (χ1n) is 3.89. The zero-order chi connectivity index (χ0) is 10.5. The average Bonchev–Trinajstić information content (AvgIpc) is 1.99. The Balaban J connectivity index is 3.98. The van der Waals surface area contributed by atoms with E-state index >= 15 is 0 Å². The van der Waals surface area contributed by atoms with Crippen LogP contribution in [-0.4, -0.2) is 26.8 Å². The Bertz CT molecular complexity index is 231. The number of nitrogens with two attached hydrogens (primary N) is 1. The predicted octanol–water partition coefficient (Wildman–Crippen LogP) is 0.256. The van der Waals surface area contributed by atoms with Gasteiger partial charge in [0.2, 0.25) is 0 Å². The fraction of sp³-hybridized carbons (Fsp3) is 1.00. The highest BCUT2D eigenvalue weighted by molar-refractivity contribution is 7.89. The highest BCUT2D eigenvalue weighted by atomic mass is 32.2. The lowest BCUT2D eigenvalue weighted by Gasteiger charge is -2.12. The molecule has 0 saturated carbocycles. The summed E-state index contributed by atoms with van der Waals surface area (Å²) >= 11 is 0. The van der Waals surface area contributed by atoms with Crippen molar-refractivity contribution < 1.29 is 17.2 Å². The van der Waals surface area contributed by atoms with Crippen molar-refractivity contribution in [2.24, 2.45) is 5.73 Å². The Hall–Kier alpha value is -0.270. The van der Waals surface area contributed by atoms with E-state index in [1.165, 1.54) is 6.92 Å². The summed E-state index contributed by atoms with van der Waals surface area (Å²) in [5.74, 6) is -3.37. The molecular formula is C6H14F2N2O2S. The second kappa shape index (κ2) is 5.46. The minimum Gasteiger partial charge on any atom is -0.330 e. The summed E-state index contributed by atoms with van der Waals surface area (Å²) in [6.45, 7) is 1.94. The van der Waals surface area contributed by atoms with Crippen LogP contribution >= 0.6 is 0 Å².